The van der Waals surface area contributed by atoms with Gasteiger partial charge in [0.25, 0.3) is 5.89 Å². The van der Waals surface area contributed by atoms with E-state index in [1.54, 1.807) is 17.8 Å². The molecular weight excluding hydrogens is 344 g/mol. The number of aromatic nitrogens is 2. The monoisotopic (exact) mass is 357 g/mol. The fraction of sp³-hybridized carbons (Fsp3) is 0.118. The van der Waals surface area contributed by atoms with E-state index in [1.165, 1.54) is 11.3 Å². The molecule has 0 fully saturated rings. The number of rotatable bonds is 6. The maximum Gasteiger partial charge on any atom is 0.254 e. The zero-order valence-corrected chi connectivity index (χ0v) is 14.4. The van der Waals surface area contributed by atoms with E-state index >= 15 is 0 Å². The molecule has 3 aromatic rings. The smallest absolute Gasteiger partial charge is 0.254 e. The number of benzene rings is 1. The van der Waals surface area contributed by atoms with Gasteiger partial charge < -0.3 is 14.4 Å². The highest BCUT2D eigenvalue weighted by Crippen LogP contribution is 2.25. The van der Waals surface area contributed by atoms with Gasteiger partial charge in [-0.1, -0.05) is 17.3 Å². The van der Waals surface area contributed by atoms with Crippen molar-refractivity contribution in [3.8, 4) is 11.4 Å². The van der Waals surface area contributed by atoms with Gasteiger partial charge in [0.2, 0.25) is 5.82 Å². The van der Waals surface area contributed by atoms with E-state index in [9.17, 15) is 9.90 Å². The van der Waals surface area contributed by atoms with Crippen molar-refractivity contribution in [1.82, 2.24) is 10.1 Å². The standard InChI is InChI=1S/C17H14N2O3S2/c1-23-14-4-2-11(3-5-14)8-13(9-15(20)21)17-18-16(19-22-17)12-6-7-24-10-12/h2-8,10H,9H2,1H3,(H,20,21)/p-1/b13-8+. The van der Waals surface area contributed by atoms with Crippen LogP contribution in [0.25, 0.3) is 23.0 Å². The Morgan fingerprint density at radius 3 is 2.75 bits per heavy atom. The van der Waals surface area contributed by atoms with Gasteiger partial charge >= 0.3 is 0 Å². The number of carboxylic acids is 1. The molecule has 0 saturated carbocycles. The third-order valence-corrected chi connectivity index (χ3v) is 4.70. The quantitative estimate of drug-likeness (QED) is 0.630. The van der Waals surface area contributed by atoms with Crippen LogP contribution in [0.2, 0.25) is 0 Å². The maximum absolute atomic E-state index is 11.1. The van der Waals surface area contributed by atoms with Gasteiger partial charge in [0.05, 0.1) is 0 Å². The Kier molecular flexibility index (Phi) is 5.12. The molecule has 0 N–H and O–H groups in total. The number of hydrogen-bond acceptors (Lipinski definition) is 7. The summed E-state index contributed by atoms with van der Waals surface area (Å²) in [5.74, 6) is -0.570. The van der Waals surface area contributed by atoms with Crippen molar-refractivity contribution in [2.45, 2.75) is 11.3 Å². The fourth-order valence-corrected chi connectivity index (χ4v) is 3.15. The number of nitrogens with zero attached hydrogens (tertiary/aromatic N) is 2. The minimum absolute atomic E-state index is 0.189. The van der Waals surface area contributed by atoms with Crippen molar-refractivity contribution in [3.05, 3.63) is 52.5 Å². The SMILES string of the molecule is CSc1ccc(/C=C(\CC(=O)[O-])c2nc(-c3ccsc3)no2)cc1. The molecule has 5 nitrogen and oxygen atoms in total. The molecule has 0 amide bonds. The van der Waals surface area contributed by atoms with Crippen LogP contribution in [-0.2, 0) is 4.79 Å². The van der Waals surface area contributed by atoms with E-state index in [0.717, 1.165) is 16.0 Å². The summed E-state index contributed by atoms with van der Waals surface area (Å²) < 4.78 is 5.25. The zero-order chi connectivity index (χ0) is 16.9. The van der Waals surface area contributed by atoms with Crippen LogP contribution in [-0.4, -0.2) is 22.4 Å². The Labute approximate surface area is 147 Å². The Bertz CT molecular complexity index is 852. The molecule has 0 aliphatic rings. The lowest BCUT2D eigenvalue weighted by atomic mass is 10.1. The molecule has 0 aliphatic heterocycles. The van der Waals surface area contributed by atoms with Crippen molar-refractivity contribution in [3.63, 3.8) is 0 Å². The fourth-order valence-electron chi connectivity index (χ4n) is 2.11. The molecule has 2 aromatic heterocycles. The topological polar surface area (TPSA) is 79.0 Å². The lowest BCUT2D eigenvalue weighted by Gasteiger charge is -2.04. The predicted octanol–water partition coefficient (Wildman–Crippen LogP) is 3.20. The van der Waals surface area contributed by atoms with Crippen molar-refractivity contribution in [2.24, 2.45) is 0 Å². The van der Waals surface area contributed by atoms with Crippen molar-refractivity contribution in [1.29, 1.82) is 0 Å². The second-order valence-corrected chi connectivity index (χ2v) is 6.59. The summed E-state index contributed by atoms with van der Waals surface area (Å²) in [7, 11) is 0. The molecule has 1 aromatic carbocycles. The largest absolute Gasteiger partial charge is 0.550 e. The number of hydrogen-bond donors (Lipinski definition) is 0. The van der Waals surface area contributed by atoms with Crippen LogP contribution in [0, 0.1) is 0 Å². The number of aliphatic carboxylic acids is 1. The summed E-state index contributed by atoms with van der Waals surface area (Å²) >= 11 is 3.17. The summed E-state index contributed by atoms with van der Waals surface area (Å²) in [4.78, 5) is 16.5. The number of carbonyl (C=O) groups excluding carboxylic acids is 1. The molecule has 122 valence electrons. The van der Waals surface area contributed by atoms with Crippen LogP contribution in [0.15, 0.2) is 50.5 Å². The van der Waals surface area contributed by atoms with E-state index in [-0.39, 0.29) is 12.3 Å². The highest BCUT2D eigenvalue weighted by Gasteiger charge is 2.14. The molecule has 0 radical (unpaired) electrons. The van der Waals surface area contributed by atoms with Crippen LogP contribution >= 0.6 is 23.1 Å². The first kappa shape index (κ1) is 16.5. The van der Waals surface area contributed by atoms with E-state index in [0.29, 0.717) is 11.4 Å². The first-order valence-corrected chi connectivity index (χ1v) is 9.23. The van der Waals surface area contributed by atoms with E-state index in [1.807, 2.05) is 47.3 Å². The third kappa shape index (κ3) is 3.93. The molecule has 0 bridgehead atoms. The normalized spacial score (nSPS) is 11.6. The lowest BCUT2D eigenvalue weighted by Crippen LogP contribution is -2.22. The molecule has 0 aliphatic carbocycles. The van der Waals surface area contributed by atoms with Crippen LogP contribution in [0.1, 0.15) is 17.9 Å². The zero-order valence-electron chi connectivity index (χ0n) is 12.8. The molecule has 0 spiro atoms. The molecule has 24 heavy (non-hydrogen) atoms. The summed E-state index contributed by atoms with van der Waals surface area (Å²) in [5, 5.41) is 18.8. The lowest BCUT2D eigenvalue weighted by molar-refractivity contribution is -0.304. The van der Waals surface area contributed by atoms with Crippen LogP contribution in [0.5, 0.6) is 0 Å². The maximum atomic E-state index is 11.1. The van der Waals surface area contributed by atoms with Gasteiger partial charge in [-0.3, -0.25) is 0 Å². The number of thioether (sulfide) groups is 1. The molecule has 3 rings (SSSR count). The van der Waals surface area contributed by atoms with Gasteiger partial charge in [0.15, 0.2) is 0 Å². The first-order chi connectivity index (χ1) is 11.7. The molecule has 2 heterocycles. The third-order valence-electron chi connectivity index (χ3n) is 3.27. The Morgan fingerprint density at radius 1 is 1.33 bits per heavy atom. The van der Waals surface area contributed by atoms with Crippen molar-refractivity contribution < 1.29 is 14.4 Å². The molecule has 0 atom stereocenters. The van der Waals surface area contributed by atoms with Crippen LogP contribution in [0.3, 0.4) is 0 Å². The van der Waals surface area contributed by atoms with E-state index in [4.69, 9.17) is 4.52 Å². The summed E-state index contributed by atoms with van der Waals surface area (Å²) in [6, 6.07) is 9.65. The Morgan fingerprint density at radius 2 is 2.12 bits per heavy atom. The minimum Gasteiger partial charge on any atom is -0.550 e. The highest BCUT2D eigenvalue weighted by atomic mass is 32.2. The van der Waals surface area contributed by atoms with E-state index < -0.39 is 5.97 Å². The molecule has 0 saturated heterocycles. The Balaban J connectivity index is 1.93. The summed E-state index contributed by atoms with van der Waals surface area (Å²) in [5.41, 5.74) is 2.12. The van der Waals surface area contributed by atoms with Crippen molar-refractivity contribution >= 4 is 40.7 Å². The van der Waals surface area contributed by atoms with Gasteiger partial charge in [-0.15, -0.1) is 11.8 Å². The second kappa shape index (κ2) is 7.46. The molecular formula is C17H13N2O3S2-. The van der Waals surface area contributed by atoms with Crippen LogP contribution in [0.4, 0.5) is 0 Å². The average Bonchev–Trinajstić information content (AvgIpc) is 3.26. The van der Waals surface area contributed by atoms with Gasteiger partial charge in [0, 0.05) is 33.8 Å². The van der Waals surface area contributed by atoms with Gasteiger partial charge in [-0.2, -0.15) is 16.3 Å². The highest BCUT2D eigenvalue weighted by molar-refractivity contribution is 7.98. The number of carboxylic acid groups (broad SMARTS) is 1. The number of thiophene rings is 1. The summed E-state index contributed by atoms with van der Waals surface area (Å²) in [6.45, 7) is 0. The molecule has 0 unspecified atom stereocenters. The number of carbonyl (C=O) groups is 1. The van der Waals surface area contributed by atoms with Gasteiger partial charge in [0.1, 0.15) is 0 Å². The minimum atomic E-state index is -1.20. The molecule has 7 heteroatoms. The second-order valence-electron chi connectivity index (χ2n) is 4.93. The van der Waals surface area contributed by atoms with Gasteiger partial charge in [-0.05, 0) is 41.5 Å². The predicted molar refractivity (Wildman–Crippen MR) is 93.3 cm³/mol. The van der Waals surface area contributed by atoms with E-state index in [2.05, 4.69) is 10.1 Å². The average molecular weight is 357 g/mol. The van der Waals surface area contributed by atoms with Crippen LogP contribution < -0.4 is 5.11 Å². The van der Waals surface area contributed by atoms with Crippen molar-refractivity contribution in [2.75, 3.05) is 6.26 Å². The summed E-state index contributed by atoms with van der Waals surface area (Å²) in [6.07, 6.45) is 3.43. The van der Waals surface area contributed by atoms with Gasteiger partial charge in [-0.25, -0.2) is 0 Å². The first-order valence-electron chi connectivity index (χ1n) is 7.07. The Hall–Kier alpha value is -2.38.